The van der Waals surface area contributed by atoms with Crippen LogP contribution in [0.25, 0.3) is 0 Å². The van der Waals surface area contributed by atoms with E-state index >= 15 is 0 Å². The SMILES string of the molecule is CCOC(=O)C1=C2C=CC=C3C=NCCC32N=C1. The van der Waals surface area contributed by atoms with Gasteiger partial charge in [0.1, 0.15) is 5.54 Å². The fraction of sp³-hybridized carbons (Fsp3) is 0.357. The van der Waals surface area contributed by atoms with E-state index in [1.54, 1.807) is 13.1 Å². The molecular formula is C14H14N2O2. The highest BCUT2D eigenvalue weighted by molar-refractivity contribution is 6.14. The number of esters is 1. The first kappa shape index (κ1) is 11.1. The number of ether oxygens (including phenoxy) is 1. The van der Waals surface area contributed by atoms with E-state index in [9.17, 15) is 4.79 Å². The first-order chi connectivity index (χ1) is 8.78. The number of hydrogen-bond donors (Lipinski definition) is 0. The van der Waals surface area contributed by atoms with E-state index in [0.29, 0.717) is 12.2 Å². The molecule has 2 heterocycles. The Morgan fingerprint density at radius 1 is 1.50 bits per heavy atom. The summed E-state index contributed by atoms with van der Waals surface area (Å²) < 4.78 is 5.08. The third kappa shape index (κ3) is 1.41. The van der Waals surface area contributed by atoms with Crippen molar-refractivity contribution in [1.29, 1.82) is 0 Å². The second kappa shape index (κ2) is 4.05. The molecule has 0 saturated carbocycles. The molecule has 0 bridgehead atoms. The maximum atomic E-state index is 11.9. The lowest BCUT2D eigenvalue weighted by Crippen LogP contribution is -2.35. The van der Waals surface area contributed by atoms with E-state index < -0.39 is 5.54 Å². The fourth-order valence-electron chi connectivity index (χ4n) is 2.63. The Balaban J connectivity index is 2.08. The van der Waals surface area contributed by atoms with E-state index in [2.05, 4.69) is 9.98 Å². The van der Waals surface area contributed by atoms with Crippen LogP contribution in [0.3, 0.4) is 0 Å². The monoisotopic (exact) mass is 242 g/mol. The largest absolute Gasteiger partial charge is 0.462 e. The average Bonchev–Trinajstić information content (AvgIpc) is 2.76. The van der Waals surface area contributed by atoms with Crippen LogP contribution in [-0.4, -0.2) is 37.1 Å². The van der Waals surface area contributed by atoms with Crippen molar-refractivity contribution in [3.8, 4) is 0 Å². The third-order valence-electron chi connectivity index (χ3n) is 3.49. The zero-order valence-corrected chi connectivity index (χ0v) is 10.2. The molecule has 0 aromatic carbocycles. The van der Waals surface area contributed by atoms with Crippen molar-refractivity contribution in [2.24, 2.45) is 9.98 Å². The van der Waals surface area contributed by atoms with Gasteiger partial charge >= 0.3 is 5.97 Å². The molecular weight excluding hydrogens is 228 g/mol. The van der Waals surface area contributed by atoms with Gasteiger partial charge in [0, 0.05) is 36.5 Å². The minimum Gasteiger partial charge on any atom is -0.462 e. The lowest BCUT2D eigenvalue weighted by Gasteiger charge is -2.33. The summed E-state index contributed by atoms with van der Waals surface area (Å²) in [6.07, 6.45) is 10.2. The zero-order chi connectivity index (χ0) is 12.6. The van der Waals surface area contributed by atoms with Gasteiger partial charge in [-0.3, -0.25) is 9.98 Å². The quantitative estimate of drug-likeness (QED) is 0.691. The van der Waals surface area contributed by atoms with Gasteiger partial charge in [-0.05, 0) is 6.92 Å². The lowest BCUT2D eigenvalue weighted by atomic mass is 9.76. The molecule has 0 saturated heterocycles. The molecule has 0 fully saturated rings. The highest BCUT2D eigenvalue weighted by atomic mass is 16.5. The molecule has 1 atom stereocenters. The number of aliphatic imine (C=N–C) groups is 2. The van der Waals surface area contributed by atoms with Crippen LogP contribution in [0.2, 0.25) is 0 Å². The summed E-state index contributed by atoms with van der Waals surface area (Å²) >= 11 is 0. The van der Waals surface area contributed by atoms with Crippen LogP contribution < -0.4 is 0 Å². The summed E-state index contributed by atoms with van der Waals surface area (Å²) in [5.41, 5.74) is 2.19. The third-order valence-corrected chi connectivity index (χ3v) is 3.49. The molecule has 2 aliphatic heterocycles. The molecule has 3 aliphatic rings. The molecule has 4 heteroatoms. The van der Waals surface area contributed by atoms with Gasteiger partial charge in [0.25, 0.3) is 0 Å². The van der Waals surface area contributed by atoms with Crippen LogP contribution in [0.5, 0.6) is 0 Å². The Morgan fingerprint density at radius 3 is 3.22 bits per heavy atom. The van der Waals surface area contributed by atoms with Crippen LogP contribution in [0, 0.1) is 0 Å². The summed E-state index contributed by atoms with van der Waals surface area (Å²) in [5.74, 6) is -0.290. The maximum Gasteiger partial charge on any atom is 0.340 e. The lowest BCUT2D eigenvalue weighted by molar-refractivity contribution is -0.137. The predicted octanol–water partition coefficient (Wildman–Crippen LogP) is 1.64. The number of carbonyl (C=O) groups is 1. The summed E-state index contributed by atoms with van der Waals surface area (Å²) in [4.78, 5) is 20.8. The highest BCUT2D eigenvalue weighted by Gasteiger charge is 2.44. The van der Waals surface area contributed by atoms with Gasteiger partial charge in [0.2, 0.25) is 0 Å². The molecule has 1 unspecified atom stereocenters. The Bertz CT molecular complexity index is 552. The molecule has 0 radical (unpaired) electrons. The maximum absolute atomic E-state index is 11.9. The molecule has 0 amide bonds. The van der Waals surface area contributed by atoms with Crippen LogP contribution in [0.15, 0.2) is 44.9 Å². The topological polar surface area (TPSA) is 51.0 Å². The minimum absolute atomic E-state index is 0.290. The fourth-order valence-corrected chi connectivity index (χ4v) is 2.63. The standard InChI is InChI=1S/C14H14N2O2/c1-2-18-13(17)11-9-16-14-6-7-15-8-10(14)4-3-5-12(11)14/h3-5,8-9H,2,6-7H2,1H3. The molecule has 1 spiro atoms. The minimum atomic E-state index is -0.390. The first-order valence-electron chi connectivity index (χ1n) is 6.14. The molecule has 18 heavy (non-hydrogen) atoms. The van der Waals surface area contributed by atoms with Crippen molar-refractivity contribution in [2.45, 2.75) is 18.9 Å². The Hall–Kier alpha value is -1.97. The molecule has 92 valence electrons. The van der Waals surface area contributed by atoms with Crippen molar-refractivity contribution in [2.75, 3.05) is 13.2 Å². The van der Waals surface area contributed by atoms with E-state index in [-0.39, 0.29) is 5.97 Å². The van der Waals surface area contributed by atoms with Gasteiger partial charge in [-0.1, -0.05) is 18.2 Å². The molecule has 0 N–H and O–H groups in total. The number of carbonyl (C=O) groups excluding carboxylic acids is 1. The Morgan fingerprint density at radius 2 is 2.39 bits per heavy atom. The predicted molar refractivity (Wildman–Crippen MR) is 70.1 cm³/mol. The van der Waals surface area contributed by atoms with E-state index in [4.69, 9.17) is 4.74 Å². The number of allylic oxidation sites excluding steroid dienone is 2. The molecule has 0 aromatic rings. The zero-order valence-electron chi connectivity index (χ0n) is 10.2. The average molecular weight is 242 g/mol. The normalized spacial score (nSPS) is 27.9. The van der Waals surface area contributed by atoms with Crippen LogP contribution in [0.1, 0.15) is 13.3 Å². The summed E-state index contributed by atoms with van der Waals surface area (Å²) in [5, 5.41) is 0. The molecule has 1 aliphatic carbocycles. The van der Waals surface area contributed by atoms with Crippen molar-refractivity contribution >= 4 is 18.4 Å². The molecule has 4 nitrogen and oxygen atoms in total. The van der Waals surface area contributed by atoms with Gasteiger partial charge < -0.3 is 4.74 Å². The van der Waals surface area contributed by atoms with Crippen molar-refractivity contribution in [3.63, 3.8) is 0 Å². The highest BCUT2D eigenvalue weighted by Crippen LogP contribution is 2.43. The van der Waals surface area contributed by atoms with Gasteiger partial charge in [0.05, 0.1) is 12.2 Å². The summed E-state index contributed by atoms with van der Waals surface area (Å²) in [6.45, 7) is 2.92. The van der Waals surface area contributed by atoms with E-state index in [0.717, 1.165) is 24.1 Å². The van der Waals surface area contributed by atoms with E-state index in [1.807, 2.05) is 24.4 Å². The van der Waals surface area contributed by atoms with Crippen molar-refractivity contribution in [1.82, 2.24) is 0 Å². The van der Waals surface area contributed by atoms with Crippen molar-refractivity contribution < 1.29 is 9.53 Å². The van der Waals surface area contributed by atoms with Gasteiger partial charge in [-0.2, -0.15) is 0 Å². The van der Waals surface area contributed by atoms with Gasteiger partial charge in [-0.15, -0.1) is 0 Å². The number of rotatable bonds is 2. The first-order valence-corrected chi connectivity index (χ1v) is 6.14. The molecule has 0 aromatic heterocycles. The summed E-state index contributed by atoms with van der Waals surface area (Å²) in [7, 11) is 0. The van der Waals surface area contributed by atoms with Crippen LogP contribution >= 0.6 is 0 Å². The van der Waals surface area contributed by atoms with Crippen LogP contribution in [-0.2, 0) is 9.53 Å². The van der Waals surface area contributed by atoms with Crippen molar-refractivity contribution in [3.05, 3.63) is 34.9 Å². The second-order valence-electron chi connectivity index (χ2n) is 4.43. The number of hydrogen-bond acceptors (Lipinski definition) is 4. The van der Waals surface area contributed by atoms with E-state index in [1.165, 1.54) is 0 Å². The number of nitrogens with zero attached hydrogens (tertiary/aromatic N) is 2. The van der Waals surface area contributed by atoms with Crippen LogP contribution in [0.4, 0.5) is 0 Å². The second-order valence-corrected chi connectivity index (χ2v) is 4.43. The Kier molecular flexibility index (Phi) is 2.51. The Labute approximate surface area is 105 Å². The van der Waals surface area contributed by atoms with Gasteiger partial charge in [0.15, 0.2) is 0 Å². The summed E-state index contributed by atoms with van der Waals surface area (Å²) in [6, 6.07) is 0. The molecule has 3 rings (SSSR count). The van der Waals surface area contributed by atoms with Gasteiger partial charge in [-0.25, -0.2) is 4.79 Å². The smallest absolute Gasteiger partial charge is 0.340 e.